The number of amides is 1. The topological polar surface area (TPSA) is 55.2 Å². The van der Waals surface area contributed by atoms with E-state index in [1.54, 1.807) is 27.7 Å². The summed E-state index contributed by atoms with van der Waals surface area (Å²) in [6, 6.07) is 32.0. The molecule has 1 atom stereocenters. The predicted molar refractivity (Wildman–Crippen MR) is 163 cm³/mol. The minimum Gasteiger partial charge on any atom is -0.329 e. The molecule has 0 radical (unpaired) electrons. The second-order valence-corrected chi connectivity index (χ2v) is 10.1. The Morgan fingerprint density at radius 3 is 2.35 bits per heavy atom. The van der Waals surface area contributed by atoms with E-state index in [1.807, 2.05) is 111 Å². The van der Waals surface area contributed by atoms with E-state index in [4.69, 9.17) is 16.6 Å². The van der Waals surface area contributed by atoms with Crippen LogP contribution in [0.15, 0.2) is 114 Å². The molecule has 0 spiro atoms. The Balaban J connectivity index is 1.63. The first-order valence-corrected chi connectivity index (χ1v) is 13.7. The maximum Gasteiger partial charge on any atom is 0.266 e. The van der Waals surface area contributed by atoms with Crippen LogP contribution in [0.5, 0.6) is 0 Å². The average Bonchev–Trinajstić information content (AvgIpc) is 2.99. The monoisotopic (exact) mass is 547 g/mol. The Morgan fingerprint density at radius 1 is 0.925 bits per heavy atom. The number of aromatic nitrogens is 2. The van der Waals surface area contributed by atoms with E-state index in [2.05, 4.69) is 0 Å². The van der Waals surface area contributed by atoms with Crippen molar-refractivity contribution in [2.24, 2.45) is 0 Å². The summed E-state index contributed by atoms with van der Waals surface area (Å²) in [4.78, 5) is 34.5. The first-order valence-electron chi connectivity index (χ1n) is 13.3. The zero-order chi connectivity index (χ0) is 28.1. The van der Waals surface area contributed by atoms with Crippen LogP contribution in [0.4, 0.5) is 0 Å². The van der Waals surface area contributed by atoms with Crippen LogP contribution >= 0.6 is 11.6 Å². The number of para-hydroxylation sites is 1. The van der Waals surface area contributed by atoms with Crippen molar-refractivity contribution < 1.29 is 4.79 Å². The Kier molecular flexibility index (Phi) is 8.23. The lowest BCUT2D eigenvalue weighted by Gasteiger charge is -2.30. The fourth-order valence-corrected chi connectivity index (χ4v) is 5.03. The van der Waals surface area contributed by atoms with E-state index in [0.717, 1.165) is 16.7 Å². The molecular formula is C34H30ClN3O2. The third kappa shape index (κ3) is 5.75. The maximum absolute atomic E-state index is 14.0. The van der Waals surface area contributed by atoms with Gasteiger partial charge in [-0.05, 0) is 67.3 Å². The third-order valence-electron chi connectivity index (χ3n) is 7.11. The van der Waals surface area contributed by atoms with Gasteiger partial charge in [-0.2, -0.15) is 0 Å². The second-order valence-electron chi connectivity index (χ2n) is 9.70. The number of benzene rings is 4. The van der Waals surface area contributed by atoms with Crippen LogP contribution in [0.1, 0.15) is 35.5 Å². The quantitative estimate of drug-likeness (QED) is 0.193. The van der Waals surface area contributed by atoms with E-state index < -0.39 is 6.04 Å². The molecule has 200 valence electrons. The standard InChI is InChI=1S/C34H30ClN3O2/c1-24-29(35)17-11-19-31(24)38-33(36-30-18-10-9-16-28(30)34(38)40)25(2)37(23-22-27-14-7-4-8-15-27)32(39)21-20-26-12-5-3-6-13-26/h3-21,25H,22-23H2,1-2H3/b21-20+. The lowest BCUT2D eigenvalue weighted by molar-refractivity contribution is -0.128. The summed E-state index contributed by atoms with van der Waals surface area (Å²) in [6.45, 7) is 4.25. The highest BCUT2D eigenvalue weighted by atomic mass is 35.5. The number of rotatable bonds is 8. The summed E-state index contributed by atoms with van der Waals surface area (Å²) in [5.74, 6) is 0.313. The molecule has 5 aromatic rings. The van der Waals surface area contributed by atoms with Gasteiger partial charge in [-0.15, -0.1) is 0 Å². The molecule has 6 heteroatoms. The first kappa shape index (κ1) is 27.1. The van der Waals surface area contributed by atoms with E-state index in [9.17, 15) is 9.59 Å². The van der Waals surface area contributed by atoms with E-state index >= 15 is 0 Å². The van der Waals surface area contributed by atoms with Crippen molar-refractivity contribution >= 4 is 34.5 Å². The van der Waals surface area contributed by atoms with Crippen molar-refractivity contribution in [2.75, 3.05) is 6.54 Å². The highest BCUT2D eigenvalue weighted by Gasteiger charge is 2.26. The molecule has 0 aliphatic rings. The van der Waals surface area contributed by atoms with Crippen molar-refractivity contribution in [3.8, 4) is 5.69 Å². The van der Waals surface area contributed by atoms with Gasteiger partial charge in [0, 0.05) is 17.6 Å². The minimum absolute atomic E-state index is 0.163. The van der Waals surface area contributed by atoms with Gasteiger partial charge in [0.2, 0.25) is 5.91 Å². The summed E-state index contributed by atoms with van der Waals surface area (Å²) >= 11 is 6.49. The Bertz CT molecular complexity index is 1730. The highest BCUT2D eigenvalue weighted by Crippen LogP contribution is 2.27. The lowest BCUT2D eigenvalue weighted by atomic mass is 10.1. The highest BCUT2D eigenvalue weighted by molar-refractivity contribution is 6.31. The molecular weight excluding hydrogens is 518 g/mol. The molecule has 4 aromatic carbocycles. The van der Waals surface area contributed by atoms with Crippen molar-refractivity contribution in [3.63, 3.8) is 0 Å². The molecule has 0 bridgehead atoms. The maximum atomic E-state index is 14.0. The molecule has 0 saturated carbocycles. The van der Waals surface area contributed by atoms with Gasteiger partial charge in [0.1, 0.15) is 5.82 Å². The molecule has 5 rings (SSSR count). The fourth-order valence-electron chi connectivity index (χ4n) is 4.86. The molecule has 0 aliphatic heterocycles. The lowest BCUT2D eigenvalue weighted by Crippen LogP contribution is -2.38. The number of carbonyl (C=O) groups excluding carboxylic acids is 1. The minimum atomic E-state index is -0.521. The van der Waals surface area contributed by atoms with Crippen molar-refractivity contribution in [1.29, 1.82) is 0 Å². The van der Waals surface area contributed by atoms with E-state index in [1.165, 1.54) is 0 Å². The molecule has 1 unspecified atom stereocenters. The molecule has 5 nitrogen and oxygen atoms in total. The van der Waals surface area contributed by atoms with E-state index in [0.29, 0.717) is 40.4 Å². The predicted octanol–water partition coefficient (Wildman–Crippen LogP) is 7.19. The Morgan fingerprint density at radius 2 is 1.60 bits per heavy atom. The van der Waals surface area contributed by atoms with Crippen molar-refractivity contribution in [2.45, 2.75) is 26.3 Å². The van der Waals surface area contributed by atoms with Crippen molar-refractivity contribution in [3.05, 3.63) is 147 Å². The molecule has 0 aliphatic carbocycles. The third-order valence-corrected chi connectivity index (χ3v) is 7.52. The fraction of sp³-hybridized carbons (Fsp3) is 0.147. The Hall–Kier alpha value is -4.48. The number of carbonyl (C=O) groups is 1. The van der Waals surface area contributed by atoms with Gasteiger partial charge < -0.3 is 4.90 Å². The summed E-state index contributed by atoms with van der Waals surface area (Å²) in [5.41, 5.74) is 3.85. The number of hydrogen-bond donors (Lipinski definition) is 0. The van der Waals surface area contributed by atoms with Gasteiger partial charge >= 0.3 is 0 Å². The molecule has 40 heavy (non-hydrogen) atoms. The summed E-state index contributed by atoms with van der Waals surface area (Å²) in [6.07, 6.45) is 4.06. The summed E-state index contributed by atoms with van der Waals surface area (Å²) < 4.78 is 1.61. The number of fused-ring (bicyclic) bond motifs is 1. The molecule has 0 fully saturated rings. The Labute approximate surface area is 239 Å². The van der Waals surface area contributed by atoms with Gasteiger partial charge in [-0.3, -0.25) is 14.2 Å². The van der Waals surface area contributed by atoms with Gasteiger partial charge in [0.15, 0.2) is 0 Å². The molecule has 1 heterocycles. The van der Waals surface area contributed by atoms with Crippen LogP contribution in [0.2, 0.25) is 5.02 Å². The zero-order valence-corrected chi connectivity index (χ0v) is 23.3. The molecule has 1 aromatic heterocycles. The first-order chi connectivity index (χ1) is 19.4. The van der Waals surface area contributed by atoms with Crippen molar-refractivity contribution in [1.82, 2.24) is 14.5 Å². The summed E-state index contributed by atoms with van der Waals surface area (Å²) in [7, 11) is 0. The van der Waals surface area contributed by atoms with Crippen LogP contribution in [-0.2, 0) is 11.2 Å². The van der Waals surface area contributed by atoms with Gasteiger partial charge in [-0.1, -0.05) is 90.5 Å². The van der Waals surface area contributed by atoms with E-state index in [-0.39, 0.29) is 11.5 Å². The summed E-state index contributed by atoms with van der Waals surface area (Å²) in [5, 5.41) is 1.06. The van der Waals surface area contributed by atoms with Gasteiger partial charge in [0.05, 0.1) is 22.6 Å². The number of nitrogens with zero attached hydrogens (tertiary/aromatic N) is 3. The van der Waals surface area contributed by atoms with Crippen LogP contribution in [0, 0.1) is 6.92 Å². The van der Waals surface area contributed by atoms with Gasteiger partial charge in [-0.25, -0.2) is 4.98 Å². The zero-order valence-electron chi connectivity index (χ0n) is 22.5. The van der Waals surface area contributed by atoms with Gasteiger partial charge in [0.25, 0.3) is 5.56 Å². The SMILES string of the molecule is Cc1c(Cl)cccc1-n1c(C(C)N(CCc2ccccc2)C(=O)/C=C/c2ccccc2)nc2ccccc2c1=O. The average molecular weight is 548 g/mol. The molecule has 1 amide bonds. The van der Waals surface area contributed by atoms with Crippen LogP contribution < -0.4 is 5.56 Å². The number of halogens is 1. The van der Waals surface area contributed by atoms with Crippen LogP contribution in [0.25, 0.3) is 22.7 Å². The largest absolute Gasteiger partial charge is 0.329 e. The second kappa shape index (κ2) is 12.1. The van der Waals surface area contributed by atoms with Crippen LogP contribution in [-0.4, -0.2) is 26.9 Å². The normalized spacial score (nSPS) is 12.1. The number of hydrogen-bond acceptors (Lipinski definition) is 3. The molecule has 0 saturated heterocycles. The molecule has 0 N–H and O–H groups in total. The van der Waals surface area contributed by atoms with Crippen LogP contribution in [0.3, 0.4) is 0 Å². The smallest absolute Gasteiger partial charge is 0.266 e.